The summed E-state index contributed by atoms with van der Waals surface area (Å²) in [6, 6.07) is 7.26. The van der Waals surface area contributed by atoms with Crippen LogP contribution in [0.15, 0.2) is 30.3 Å². The van der Waals surface area contributed by atoms with Crippen LogP contribution in [-0.2, 0) is 14.3 Å². The van der Waals surface area contributed by atoms with Crippen molar-refractivity contribution in [2.75, 3.05) is 19.8 Å². The molecule has 0 atom stereocenters. The number of hydrogen-bond donors (Lipinski definition) is 1. The van der Waals surface area contributed by atoms with Gasteiger partial charge in [0.05, 0.1) is 6.42 Å². The first kappa shape index (κ1) is 17.5. The van der Waals surface area contributed by atoms with Gasteiger partial charge >= 0.3 is 5.97 Å². The number of ether oxygens (including phenoxy) is 1. The number of carboxylic acids is 1. The summed E-state index contributed by atoms with van der Waals surface area (Å²) in [7, 11) is 0. The van der Waals surface area contributed by atoms with E-state index in [0.717, 1.165) is 18.4 Å². The zero-order chi connectivity index (χ0) is 16.7. The van der Waals surface area contributed by atoms with Crippen LogP contribution in [0.5, 0.6) is 0 Å². The predicted molar refractivity (Wildman–Crippen MR) is 88.3 cm³/mol. The first-order valence-electron chi connectivity index (χ1n) is 7.60. The quantitative estimate of drug-likeness (QED) is 0.810. The molecule has 0 radical (unpaired) electrons. The molecule has 1 aliphatic rings. The van der Waals surface area contributed by atoms with Crippen molar-refractivity contribution in [3.05, 3.63) is 40.9 Å². The highest BCUT2D eigenvalue weighted by Gasteiger charge is 2.24. The van der Waals surface area contributed by atoms with Crippen molar-refractivity contribution in [1.29, 1.82) is 0 Å². The lowest BCUT2D eigenvalue weighted by atomic mass is 10.1. The number of carbonyl (C=O) groups is 2. The standard InChI is InChI=1S/C17H20ClNO4/c18-15-4-2-1-3-13(15)5-6-16(20)19(10-7-17(21)22)14-8-11-23-12-9-14/h1-6,14H,7-12H2,(H,21,22). The Hall–Kier alpha value is -1.85. The van der Waals surface area contributed by atoms with Gasteiger partial charge in [-0.15, -0.1) is 0 Å². The van der Waals surface area contributed by atoms with E-state index >= 15 is 0 Å². The fourth-order valence-electron chi connectivity index (χ4n) is 2.55. The van der Waals surface area contributed by atoms with Crippen LogP contribution in [0.25, 0.3) is 6.08 Å². The summed E-state index contributed by atoms with van der Waals surface area (Å²) < 4.78 is 5.31. The molecule has 0 unspecified atom stereocenters. The molecule has 1 aromatic rings. The molecule has 0 aliphatic carbocycles. The zero-order valence-corrected chi connectivity index (χ0v) is 13.5. The van der Waals surface area contributed by atoms with Crippen molar-refractivity contribution in [1.82, 2.24) is 4.90 Å². The summed E-state index contributed by atoms with van der Waals surface area (Å²) in [6.45, 7) is 1.39. The molecular formula is C17H20ClNO4. The van der Waals surface area contributed by atoms with Crippen molar-refractivity contribution < 1.29 is 19.4 Å². The number of amides is 1. The molecule has 124 valence electrons. The maximum atomic E-state index is 12.5. The molecule has 23 heavy (non-hydrogen) atoms. The van der Waals surface area contributed by atoms with Crippen molar-refractivity contribution >= 4 is 29.6 Å². The smallest absolute Gasteiger partial charge is 0.305 e. The highest BCUT2D eigenvalue weighted by Crippen LogP contribution is 2.18. The lowest BCUT2D eigenvalue weighted by Crippen LogP contribution is -2.43. The van der Waals surface area contributed by atoms with E-state index in [1.807, 2.05) is 18.2 Å². The number of nitrogens with zero attached hydrogens (tertiary/aromatic N) is 1. The van der Waals surface area contributed by atoms with E-state index in [1.165, 1.54) is 6.08 Å². The first-order chi connectivity index (χ1) is 11.1. The first-order valence-corrected chi connectivity index (χ1v) is 7.98. The third-order valence-corrected chi connectivity index (χ3v) is 4.14. The van der Waals surface area contributed by atoms with Gasteiger partial charge in [0.2, 0.25) is 5.91 Å². The van der Waals surface area contributed by atoms with Crippen LogP contribution in [0, 0.1) is 0 Å². The van der Waals surface area contributed by atoms with Gasteiger partial charge in [-0.2, -0.15) is 0 Å². The Morgan fingerprint density at radius 1 is 1.30 bits per heavy atom. The minimum atomic E-state index is -0.912. The van der Waals surface area contributed by atoms with Crippen molar-refractivity contribution in [3.63, 3.8) is 0 Å². The fourth-order valence-corrected chi connectivity index (χ4v) is 2.75. The van der Waals surface area contributed by atoms with Crippen molar-refractivity contribution in [2.45, 2.75) is 25.3 Å². The topological polar surface area (TPSA) is 66.8 Å². The average Bonchev–Trinajstić information content (AvgIpc) is 2.55. The molecule has 0 spiro atoms. The summed E-state index contributed by atoms with van der Waals surface area (Å²) in [5, 5.41) is 9.46. The van der Waals surface area contributed by atoms with Gasteiger partial charge in [0.1, 0.15) is 0 Å². The molecule has 1 fully saturated rings. The molecule has 0 aromatic heterocycles. The monoisotopic (exact) mass is 337 g/mol. The molecule has 1 N–H and O–H groups in total. The second-order valence-electron chi connectivity index (χ2n) is 5.37. The second-order valence-corrected chi connectivity index (χ2v) is 5.78. The minimum absolute atomic E-state index is 0.0199. The Morgan fingerprint density at radius 3 is 2.65 bits per heavy atom. The molecule has 5 nitrogen and oxygen atoms in total. The Morgan fingerprint density at radius 2 is 2.00 bits per heavy atom. The van der Waals surface area contributed by atoms with Gasteiger partial charge in [-0.1, -0.05) is 29.8 Å². The van der Waals surface area contributed by atoms with Gasteiger partial charge in [-0.3, -0.25) is 9.59 Å². The number of carboxylic acid groups (broad SMARTS) is 1. The van der Waals surface area contributed by atoms with Crippen LogP contribution in [0.3, 0.4) is 0 Å². The van der Waals surface area contributed by atoms with Gasteiger partial charge < -0.3 is 14.7 Å². The Kier molecular flexibility index (Phi) is 6.62. The molecule has 0 saturated carbocycles. The highest BCUT2D eigenvalue weighted by atomic mass is 35.5. The Balaban J connectivity index is 2.08. The molecule has 1 saturated heterocycles. The molecule has 2 rings (SSSR count). The van der Waals surface area contributed by atoms with Crippen LogP contribution in [-0.4, -0.2) is 47.7 Å². The Labute approximate surface area is 140 Å². The molecule has 0 bridgehead atoms. The largest absolute Gasteiger partial charge is 0.481 e. The molecular weight excluding hydrogens is 318 g/mol. The van der Waals surface area contributed by atoms with Gasteiger partial charge in [0, 0.05) is 36.9 Å². The number of halogens is 1. The lowest BCUT2D eigenvalue weighted by Gasteiger charge is -2.33. The maximum absolute atomic E-state index is 12.5. The van der Waals surface area contributed by atoms with Gasteiger partial charge in [0.15, 0.2) is 0 Å². The number of carbonyl (C=O) groups excluding carboxylic acids is 1. The summed E-state index contributed by atoms with van der Waals surface area (Å²) >= 11 is 6.07. The molecule has 1 aromatic carbocycles. The number of benzene rings is 1. The second kappa shape index (κ2) is 8.70. The number of hydrogen-bond acceptors (Lipinski definition) is 3. The van der Waals surface area contributed by atoms with Crippen LogP contribution in [0.4, 0.5) is 0 Å². The maximum Gasteiger partial charge on any atom is 0.305 e. The zero-order valence-electron chi connectivity index (χ0n) is 12.8. The predicted octanol–water partition coefficient (Wildman–Crippen LogP) is 2.84. The van der Waals surface area contributed by atoms with Crippen LogP contribution < -0.4 is 0 Å². The molecule has 1 heterocycles. The van der Waals surface area contributed by atoms with Crippen LogP contribution in [0.2, 0.25) is 5.02 Å². The van der Waals surface area contributed by atoms with Crippen molar-refractivity contribution in [3.8, 4) is 0 Å². The third-order valence-electron chi connectivity index (χ3n) is 3.79. The van der Waals surface area contributed by atoms with E-state index in [9.17, 15) is 9.59 Å². The average molecular weight is 338 g/mol. The highest BCUT2D eigenvalue weighted by molar-refractivity contribution is 6.32. The normalized spacial score (nSPS) is 15.7. The summed E-state index contributed by atoms with van der Waals surface area (Å²) in [5.41, 5.74) is 0.757. The molecule has 1 aliphatic heterocycles. The number of aliphatic carboxylic acids is 1. The van der Waals surface area contributed by atoms with Crippen molar-refractivity contribution in [2.24, 2.45) is 0 Å². The summed E-state index contributed by atoms with van der Waals surface area (Å²) in [5.74, 6) is -1.11. The van der Waals surface area contributed by atoms with E-state index in [4.69, 9.17) is 21.4 Å². The SMILES string of the molecule is O=C(O)CCN(C(=O)C=Cc1ccccc1Cl)C1CCOCC1. The van der Waals surface area contributed by atoms with E-state index < -0.39 is 5.97 Å². The fraction of sp³-hybridized carbons (Fsp3) is 0.412. The van der Waals surface area contributed by atoms with E-state index in [2.05, 4.69) is 0 Å². The number of rotatable bonds is 6. The van der Waals surface area contributed by atoms with E-state index in [0.29, 0.717) is 18.2 Å². The molecule has 1 amide bonds. The minimum Gasteiger partial charge on any atom is -0.481 e. The van der Waals surface area contributed by atoms with E-state index in [1.54, 1.807) is 17.0 Å². The van der Waals surface area contributed by atoms with E-state index in [-0.39, 0.29) is 24.9 Å². The van der Waals surface area contributed by atoms with Crippen LogP contribution in [0.1, 0.15) is 24.8 Å². The summed E-state index contributed by atoms with van der Waals surface area (Å²) in [4.78, 5) is 25.0. The van der Waals surface area contributed by atoms with Crippen LogP contribution >= 0.6 is 11.6 Å². The van der Waals surface area contributed by atoms with Gasteiger partial charge in [0.25, 0.3) is 0 Å². The van der Waals surface area contributed by atoms with Gasteiger partial charge in [-0.25, -0.2) is 0 Å². The molecule has 6 heteroatoms. The summed E-state index contributed by atoms with van der Waals surface area (Å²) in [6.07, 6.45) is 4.51. The van der Waals surface area contributed by atoms with Gasteiger partial charge in [-0.05, 0) is 30.5 Å². The lowest BCUT2D eigenvalue weighted by molar-refractivity contribution is -0.138. The third kappa shape index (κ3) is 5.37. The Bertz CT molecular complexity index is 582.